The number of amides is 1. The number of pyridine rings is 2. The first-order chi connectivity index (χ1) is 14.8. The van der Waals surface area contributed by atoms with E-state index in [-0.39, 0.29) is 11.0 Å². The van der Waals surface area contributed by atoms with Gasteiger partial charge in [0.25, 0.3) is 11.5 Å². The standard InChI is InChI=1S/C21H16BrN5O4/c1-26-18-16(20(29)27(2)21(26)30)9-14(11-24-18)25-19(28)12-6-7-17(23-10-12)31-15-5-3-4-13(22)8-15/h3-11H,1-2H3,(H,25,28). The highest BCUT2D eigenvalue weighted by atomic mass is 79.9. The van der Waals surface area contributed by atoms with Gasteiger partial charge in [-0.15, -0.1) is 0 Å². The van der Waals surface area contributed by atoms with Crippen LogP contribution in [0.2, 0.25) is 0 Å². The molecule has 4 aromatic rings. The fourth-order valence-electron chi connectivity index (χ4n) is 2.96. The molecular weight excluding hydrogens is 466 g/mol. The van der Waals surface area contributed by atoms with Crippen LogP contribution in [0.15, 0.2) is 68.9 Å². The van der Waals surface area contributed by atoms with Crippen LogP contribution in [0.25, 0.3) is 11.0 Å². The van der Waals surface area contributed by atoms with E-state index >= 15 is 0 Å². The second-order valence-electron chi connectivity index (χ2n) is 6.70. The smallest absolute Gasteiger partial charge is 0.332 e. The zero-order valence-electron chi connectivity index (χ0n) is 16.5. The van der Waals surface area contributed by atoms with E-state index in [1.54, 1.807) is 24.3 Å². The molecule has 0 aliphatic carbocycles. The van der Waals surface area contributed by atoms with Crippen molar-refractivity contribution in [2.24, 2.45) is 14.1 Å². The molecule has 0 aliphatic heterocycles. The molecule has 0 aliphatic rings. The number of fused-ring (bicyclic) bond motifs is 1. The highest BCUT2D eigenvalue weighted by Gasteiger charge is 2.13. The molecule has 1 aromatic carbocycles. The topological polar surface area (TPSA) is 108 Å². The minimum absolute atomic E-state index is 0.221. The number of halogens is 1. The molecule has 9 nitrogen and oxygen atoms in total. The van der Waals surface area contributed by atoms with Crippen LogP contribution < -0.4 is 21.3 Å². The van der Waals surface area contributed by atoms with E-state index in [2.05, 4.69) is 31.2 Å². The van der Waals surface area contributed by atoms with Crippen molar-refractivity contribution in [2.45, 2.75) is 0 Å². The molecule has 1 N–H and O–H groups in total. The number of nitrogens with zero attached hydrogens (tertiary/aromatic N) is 4. The molecule has 0 bridgehead atoms. The summed E-state index contributed by atoms with van der Waals surface area (Å²) in [7, 11) is 2.91. The van der Waals surface area contributed by atoms with Gasteiger partial charge in [-0.25, -0.2) is 14.8 Å². The first-order valence-corrected chi connectivity index (χ1v) is 9.89. The van der Waals surface area contributed by atoms with Gasteiger partial charge >= 0.3 is 5.69 Å². The Balaban J connectivity index is 1.55. The summed E-state index contributed by atoms with van der Waals surface area (Å²) in [6.07, 6.45) is 2.77. The molecule has 0 spiro atoms. The van der Waals surface area contributed by atoms with Crippen molar-refractivity contribution in [1.82, 2.24) is 19.1 Å². The third-order valence-corrected chi connectivity index (χ3v) is 5.06. The number of anilines is 1. The Kier molecular flexibility index (Phi) is 5.38. The number of rotatable bonds is 4. The Morgan fingerprint density at radius 1 is 1.03 bits per heavy atom. The summed E-state index contributed by atoms with van der Waals surface area (Å²) in [5.41, 5.74) is -0.102. The quantitative estimate of drug-likeness (QED) is 0.480. The number of benzene rings is 1. The van der Waals surface area contributed by atoms with Gasteiger partial charge < -0.3 is 10.1 Å². The third-order valence-electron chi connectivity index (χ3n) is 4.57. The van der Waals surface area contributed by atoms with Crippen LogP contribution in [-0.4, -0.2) is 25.0 Å². The lowest BCUT2D eigenvalue weighted by Gasteiger charge is -2.09. The van der Waals surface area contributed by atoms with E-state index in [1.807, 2.05) is 12.1 Å². The molecule has 3 aromatic heterocycles. The van der Waals surface area contributed by atoms with Crippen molar-refractivity contribution >= 4 is 38.6 Å². The van der Waals surface area contributed by atoms with Gasteiger partial charge in [-0.2, -0.15) is 0 Å². The van der Waals surface area contributed by atoms with Gasteiger partial charge in [0.05, 0.1) is 22.8 Å². The Labute approximate surface area is 184 Å². The highest BCUT2D eigenvalue weighted by molar-refractivity contribution is 9.10. The van der Waals surface area contributed by atoms with Crippen molar-refractivity contribution in [2.75, 3.05) is 5.32 Å². The number of hydrogen-bond acceptors (Lipinski definition) is 6. The van der Waals surface area contributed by atoms with E-state index in [0.29, 0.717) is 22.9 Å². The molecule has 1 amide bonds. The number of hydrogen-bond donors (Lipinski definition) is 1. The molecule has 0 fully saturated rings. The second kappa shape index (κ2) is 8.15. The predicted octanol–water partition coefficient (Wildman–Crippen LogP) is 2.83. The molecule has 31 heavy (non-hydrogen) atoms. The molecule has 156 valence electrons. The van der Waals surface area contributed by atoms with Crippen LogP contribution in [0.3, 0.4) is 0 Å². The van der Waals surface area contributed by atoms with E-state index < -0.39 is 17.2 Å². The predicted molar refractivity (Wildman–Crippen MR) is 119 cm³/mol. The molecule has 10 heteroatoms. The first kappa shape index (κ1) is 20.5. The zero-order chi connectivity index (χ0) is 22.1. The summed E-state index contributed by atoms with van der Waals surface area (Å²) < 4.78 is 8.80. The lowest BCUT2D eigenvalue weighted by Crippen LogP contribution is -2.37. The number of carbonyl (C=O) groups excluding carboxylic acids is 1. The Bertz CT molecular complexity index is 1430. The van der Waals surface area contributed by atoms with E-state index in [0.717, 1.165) is 9.04 Å². The number of aromatic nitrogens is 4. The van der Waals surface area contributed by atoms with Gasteiger partial charge in [-0.3, -0.25) is 18.7 Å². The van der Waals surface area contributed by atoms with Crippen LogP contribution in [0.1, 0.15) is 10.4 Å². The van der Waals surface area contributed by atoms with Crippen LogP contribution in [-0.2, 0) is 14.1 Å². The molecule has 0 radical (unpaired) electrons. The van der Waals surface area contributed by atoms with Crippen LogP contribution in [0.5, 0.6) is 11.6 Å². The average molecular weight is 482 g/mol. The van der Waals surface area contributed by atoms with Gasteiger partial charge in [-0.1, -0.05) is 22.0 Å². The number of ether oxygens (including phenoxy) is 1. The van der Waals surface area contributed by atoms with Gasteiger partial charge in [0.15, 0.2) is 0 Å². The largest absolute Gasteiger partial charge is 0.439 e. The van der Waals surface area contributed by atoms with Crippen molar-refractivity contribution in [1.29, 1.82) is 0 Å². The summed E-state index contributed by atoms with van der Waals surface area (Å²) >= 11 is 3.37. The zero-order valence-corrected chi connectivity index (χ0v) is 18.1. The normalized spacial score (nSPS) is 10.8. The minimum atomic E-state index is -0.489. The lowest BCUT2D eigenvalue weighted by atomic mass is 10.2. The summed E-state index contributed by atoms with van der Waals surface area (Å²) in [5.74, 6) is 0.521. The molecular formula is C21H16BrN5O4. The van der Waals surface area contributed by atoms with E-state index in [4.69, 9.17) is 4.74 Å². The second-order valence-corrected chi connectivity index (χ2v) is 7.62. The maximum atomic E-state index is 12.6. The molecule has 0 saturated heterocycles. The SMILES string of the molecule is Cn1c(=O)c2cc(NC(=O)c3ccc(Oc4cccc(Br)c4)nc3)cnc2n(C)c1=O. The van der Waals surface area contributed by atoms with Crippen molar-refractivity contribution < 1.29 is 9.53 Å². The minimum Gasteiger partial charge on any atom is -0.439 e. The van der Waals surface area contributed by atoms with E-state index in [1.165, 1.54) is 37.1 Å². The van der Waals surface area contributed by atoms with E-state index in [9.17, 15) is 14.4 Å². The first-order valence-electron chi connectivity index (χ1n) is 9.10. The maximum Gasteiger partial charge on any atom is 0.332 e. The Morgan fingerprint density at radius 3 is 2.55 bits per heavy atom. The van der Waals surface area contributed by atoms with Gasteiger partial charge in [0.1, 0.15) is 11.4 Å². The summed E-state index contributed by atoms with van der Waals surface area (Å²) in [6.45, 7) is 0. The molecule has 0 atom stereocenters. The maximum absolute atomic E-state index is 12.6. The molecule has 3 heterocycles. The van der Waals surface area contributed by atoms with Gasteiger partial charge in [0, 0.05) is 30.8 Å². The van der Waals surface area contributed by atoms with Crippen LogP contribution in [0.4, 0.5) is 5.69 Å². The average Bonchev–Trinajstić information content (AvgIpc) is 2.76. The van der Waals surface area contributed by atoms with Crippen molar-refractivity contribution in [3.05, 3.63) is 85.7 Å². The number of nitrogens with one attached hydrogen (secondary N) is 1. The highest BCUT2D eigenvalue weighted by Crippen LogP contribution is 2.23. The lowest BCUT2D eigenvalue weighted by molar-refractivity contribution is 0.102. The molecule has 0 unspecified atom stereocenters. The molecule has 0 saturated carbocycles. The number of carbonyl (C=O) groups is 1. The van der Waals surface area contributed by atoms with Crippen molar-refractivity contribution in [3.63, 3.8) is 0 Å². The fourth-order valence-corrected chi connectivity index (χ4v) is 3.34. The summed E-state index contributed by atoms with van der Waals surface area (Å²) in [5, 5.41) is 2.90. The van der Waals surface area contributed by atoms with Gasteiger partial charge in [0.2, 0.25) is 5.88 Å². The summed E-state index contributed by atoms with van der Waals surface area (Å²) in [4.78, 5) is 45.3. The van der Waals surface area contributed by atoms with Gasteiger partial charge in [-0.05, 0) is 30.3 Å². The number of aryl methyl sites for hydroxylation is 1. The molecule has 4 rings (SSSR count). The van der Waals surface area contributed by atoms with Crippen molar-refractivity contribution in [3.8, 4) is 11.6 Å². The van der Waals surface area contributed by atoms with Crippen LogP contribution >= 0.6 is 15.9 Å². The van der Waals surface area contributed by atoms with Crippen LogP contribution in [0, 0.1) is 0 Å². The summed E-state index contributed by atoms with van der Waals surface area (Å²) in [6, 6.07) is 12.0. The Morgan fingerprint density at radius 2 is 1.84 bits per heavy atom. The third kappa shape index (κ3) is 4.10. The Hall–Kier alpha value is -3.79. The monoisotopic (exact) mass is 481 g/mol. The fraction of sp³-hybridized carbons (Fsp3) is 0.0952.